The van der Waals surface area contributed by atoms with Crippen molar-refractivity contribution in [3.63, 3.8) is 0 Å². The summed E-state index contributed by atoms with van der Waals surface area (Å²) in [5, 5.41) is 0. The molecule has 0 aromatic heterocycles. The molecule has 0 saturated carbocycles. The highest BCUT2D eigenvalue weighted by Gasteiger charge is 2.00. The summed E-state index contributed by atoms with van der Waals surface area (Å²) in [6.45, 7) is 2.01. The first-order chi connectivity index (χ1) is 6.74. The third kappa shape index (κ3) is 3.21. The molecule has 3 nitrogen and oxygen atoms in total. The van der Waals surface area contributed by atoms with E-state index in [9.17, 15) is 4.21 Å². The van der Waals surface area contributed by atoms with Gasteiger partial charge in [0.05, 0.1) is 4.90 Å². The van der Waals surface area contributed by atoms with Crippen LogP contribution in [0, 0.1) is 11.8 Å². The lowest BCUT2D eigenvalue weighted by atomic mass is 10.3. The fraction of sp³-hybridized carbons (Fsp3) is 0.200. The van der Waals surface area contributed by atoms with Crippen LogP contribution in [0.2, 0.25) is 0 Å². The van der Waals surface area contributed by atoms with Crippen LogP contribution in [-0.2, 0) is 11.1 Å². The van der Waals surface area contributed by atoms with E-state index in [0.717, 1.165) is 0 Å². The molecule has 0 radical (unpaired) electrons. The highest BCUT2D eigenvalue weighted by atomic mass is 32.2. The van der Waals surface area contributed by atoms with Gasteiger partial charge in [0, 0.05) is 0 Å². The number of hydrogen-bond donors (Lipinski definition) is 1. The number of benzene rings is 1. The van der Waals surface area contributed by atoms with Gasteiger partial charge in [0.15, 0.2) is 11.1 Å². The molecular weight excluding hydrogens is 200 g/mol. The van der Waals surface area contributed by atoms with Gasteiger partial charge in [0.25, 0.3) is 0 Å². The topological polar surface area (TPSA) is 46.5 Å². The van der Waals surface area contributed by atoms with Crippen molar-refractivity contribution in [2.24, 2.45) is 0 Å². The Balaban J connectivity index is 2.71. The second kappa shape index (κ2) is 5.43. The zero-order valence-electron chi connectivity index (χ0n) is 7.69. The molecule has 74 valence electrons. The average molecular weight is 210 g/mol. The second-order valence-corrected chi connectivity index (χ2v) is 3.41. The Labute approximate surface area is 85.4 Å². The van der Waals surface area contributed by atoms with Gasteiger partial charge in [0.2, 0.25) is 0 Å². The van der Waals surface area contributed by atoms with Crippen molar-refractivity contribution < 1.29 is 13.5 Å². The predicted molar refractivity (Wildman–Crippen MR) is 54.4 cm³/mol. The molecule has 1 unspecified atom stereocenters. The van der Waals surface area contributed by atoms with Gasteiger partial charge >= 0.3 is 0 Å². The van der Waals surface area contributed by atoms with E-state index in [1.807, 2.05) is 0 Å². The van der Waals surface area contributed by atoms with Gasteiger partial charge in [-0.15, -0.1) is 5.92 Å². The van der Waals surface area contributed by atoms with Gasteiger partial charge in [-0.25, -0.2) is 4.21 Å². The smallest absolute Gasteiger partial charge is 0.186 e. The Kier molecular flexibility index (Phi) is 4.17. The third-order valence-corrected chi connectivity index (χ3v) is 2.15. The van der Waals surface area contributed by atoms with E-state index in [0.29, 0.717) is 10.6 Å². The molecule has 0 saturated heterocycles. The highest BCUT2D eigenvalue weighted by molar-refractivity contribution is 7.79. The maximum atomic E-state index is 10.7. The van der Waals surface area contributed by atoms with Crippen molar-refractivity contribution in [1.29, 1.82) is 0 Å². The minimum absolute atomic E-state index is 0.290. The third-order valence-electron chi connectivity index (χ3n) is 1.49. The molecule has 1 aromatic rings. The molecule has 0 fully saturated rings. The molecular formula is C10H10O3S. The summed E-state index contributed by atoms with van der Waals surface area (Å²) in [5.74, 6) is 5.97. The first kappa shape index (κ1) is 10.8. The molecule has 1 N–H and O–H groups in total. The Morgan fingerprint density at radius 2 is 2.36 bits per heavy atom. The Morgan fingerprint density at radius 3 is 3.00 bits per heavy atom. The Bertz CT molecular complexity index is 390. The van der Waals surface area contributed by atoms with Crippen LogP contribution in [0.25, 0.3) is 0 Å². The summed E-state index contributed by atoms with van der Waals surface area (Å²) in [6.07, 6.45) is 0. The summed E-state index contributed by atoms with van der Waals surface area (Å²) in [6, 6.07) is 6.47. The quantitative estimate of drug-likeness (QED) is 0.609. The normalized spacial score (nSPS) is 11.3. The fourth-order valence-corrected chi connectivity index (χ4v) is 1.28. The predicted octanol–water partition coefficient (Wildman–Crippen LogP) is 1.67. The van der Waals surface area contributed by atoms with E-state index in [4.69, 9.17) is 9.29 Å². The molecule has 0 bridgehead atoms. The minimum atomic E-state index is -1.96. The van der Waals surface area contributed by atoms with E-state index in [-0.39, 0.29) is 6.61 Å². The summed E-state index contributed by atoms with van der Waals surface area (Å²) >= 11 is -1.96. The van der Waals surface area contributed by atoms with Gasteiger partial charge in [-0.1, -0.05) is 12.0 Å². The van der Waals surface area contributed by atoms with E-state index in [1.165, 1.54) is 6.07 Å². The van der Waals surface area contributed by atoms with Crippen molar-refractivity contribution >= 4 is 11.1 Å². The minimum Gasteiger partial charge on any atom is -0.481 e. The van der Waals surface area contributed by atoms with E-state index >= 15 is 0 Å². The maximum absolute atomic E-state index is 10.7. The van der Waals surface area contributed by atoms with Gasteiger partial charge in [-0.05, 0) is 25.1 Å². The van der Waals surface area contributed by atoms with Gasteiger partial charge in [-0.3, -0.25) is 0 Å². The van der Waals surface area contributed by atoms with Crippen LogP contribution >= 0.6 is 0 Å². The molecule has 0 aliphatic carbocycles. The van der Waals surface area contributed by atoms with Crippen LogP contribution in [0.1, 0.15) is 6.92 Å². The van der Waals surface area contributed by atoms with Crippen LogP contribution < -0.4 is 4.74 Å². The standard InChI is InChI=1S/C10H10O3S/c1-2-3-7-13-9-5-4-6-10(8-9)14(11)12/h4-6,8H,7H2,1H3,(H,11,12). The molecule has 1 rings (SSSR count). The van der Waals surface area contributed by atoms with Crippen molar-refractivity contribution in [1.82, 2.24) is 0 Å². The lowest BCUT2D eigenvalue weighted by Gasteiger charge is -2.02. The van der Waals surface area contributed by atoms with Crippen LogP contribution in [0.15, 0.2) is 29.2 Å². The molecule has 1 aromatic carbocycles. The van der Waals surface area contributed by atoms with Gasteiger partial charge < -0.3 is 9.29 Å². The molecule has 14 heavy (non-hydrogen) atoms. The Morgan fingerprint density at radius 1 is 1.57 bits per heavy atom. The Hall–Kier alpha value is -1.31. The van der Waals surface area contributed by atoms with Crippen LogP contribution in [-0.4, -0.2) is 15.4 Å². The molecule has 0 heterocycles. The number of hydrogen-bond acceptors (Lipinski definition) is 2. The largest absolute Gasteiger partial charge is 0.481 e. The molecule has 0 aliphatic rings. The highest BCUT2D eigenvalue weighted by Crippen LogP contribution is 2.14. The zero-order chi connectivity index (χ0) is 10.4. The van der Waals surface area contributed by atoms with E-state index in [1.54, 1.807) is 25.1 Å². The van der Waals surface area contributed by atoms with Crippen molar-refractivity contribution in [3.8, 4) is 17.6 Å². The molecule has 1 atom stereocenters. The zero-order valence-corrected chi connectivity index (χ0v) is 8.50. The monoisotopic (exact) mass is 210 g/mol. The summed E-state index contributed by atoms with van der Waals surface area (Å²) in [7, 11) is 0. The first-order valence-corrected chi connectivity index (χ1v) is 5.08. The lowest BCUT2D eigenvalue weighted by Crippen LogP contribution is -1.95. The number of ether oxygens (including phenoxy) is 1. The molecule has 4 heteroatoms. The van der Waals surface area contributed by atoms with Crippen LogP contribution in [0.5, 0.6) is 5.75 Å². The summed E-state index contributed by atoms with van der Waals surface area (Å²) in [4.78, 5) is 0.326. The summed E-state index contributed by atoms with van der Waals surface area (Å²) < 4.78 is 24.7. The fourth-order valence-electron chi connectivity index (χ4n) is 0.864. The van der Waals surface area contributed by atoms with Crippen molar-refractivity contribution in [3.05, 3.63) is 24.3 Å². The van der Waals surface area contributed by atoms with Crippen molar-refractivity contribution in [2.45, 2.75) is 11.8 Å². The van der Waals surface area contributed by atoms with Gasteiger partial charge in [0.1, 0.15) is 12.4 Å². The second-order valence-electron chi connectivity index (χ2n) is 2.44. The summed E-state index contributed by atoms with van der Waals surface area (Å²) in [5.41, 5.74) is 0. The van der Waals surface area contributed by atoms with Crippen LogP contribution in [0.3, 0.4) is 0 Å². The SMILES string of the molecule is CC#CCOc1cccc(S(=O)O)c1. The first-order valence-electron chi connectivity index (χ1n) is 3.97. The van der Waals surface area contributed by atoms with Crippen molar-refractivity contribution in [2.75, 3.05) is 6.61 Å². The van der Waals surface area contributed by atoms with Crippen LogP contribution in [0.4, 0.5) is 0 Å². The van der Waals surface area contributed by atoms with E-state index < -0.39 is 11.1 Å². The van der Waals surface area contributed by atoms with Gasteiger partial charge in [-0.2, -0.15) is 0 Å². The van der Waals surface area contributed by atoms with E-state index in [2.05, 4.69) is 11.8 Å². The molecule has 0 aliphatic heterocycles. The molecule has 0 amide bonds. The average Bonchev–Trinajstić information content (AvgIpc) is 2.19. The molecule has 0 spiro atoms. The lowest BCUT2D eigenvalue weighted by molar-refractivity contribution is 0.369. The maximum Gasteiger partial charge on any atom is 0.186 e. The number of rotatable bonds is 3.